The summed E-state index contributed by atoms with van der Waals surface area (Å²) in [6.45, 7) is 0. The van der Waals surface area contributed by atoms with Crippen LogP contribution in [0.1, 0.15) is 12.0 Å². The van der Waals surface area contributed by atoms with Crippen molar-refractivity contribution in [1.82, 2.24) is 15.2 Å². The molecule has 1 aromatic heterocycles. The molecule has 1 aliphatic rings. The smallest absolute Gasteiger partial charge is 0.274 e. The van der Waals surface area contributed by atoms with Crippen molar-refractivity contribution < 1.29 is 27.7 Å². The molecule has 13 heteroatoms. The first kappa shape index (κ1) is 22.3. The number of halogens is 3. The zero-order chi connectivity index (χ0) is 23.8. The second kappa shape index (κ2) is 8.58. The molecule has 4 rings (SSSR count). The first-order chi connectivity index (χ1) is 15.6. The summed E-state index contributed by atoms with van der Waals surface area (Å²) in [5.41, 5.74) is -0.143. The highest BCUT2D eigenvalue weighted by atomic mass is 32.2. The summed E-state index contributed by atoms with van der Waals surface area (Å²) < 4.78 is 38.3. The van der Waals surface area contributed by atoms with Gasteiger partial charge >= 0.3 is 6.18 Å². The Hall–Kier alpha value is -3.87. The Morgan fingerprint density at radius 1 is 1.06 bits per heavy atom. The fourth-order valence-corrected chi connectivity index (χ4v) is 4.06. The predicted octanol–water partition coefficient (Wildman–Crippen LogP) is 3.89. The number of imide groups is 1. The zero-order valence-corrected chi connectivity index (χ0v) is 17.2. The normalized spacial score (nSPS) is 16.3. The number of alkyl halides is 3. The number of nitro benzene ring substituents is 1. The van der Waals surface area contributed by atoms with Gasteiger partial charge in [0.05, 0.1) is 28.1 Å². The molecule has 0 aliphatic carbocycles. The lowest BCUT2D eigenvalue weighted by Gasteiger charge is -2.14. The van der Waals surface area contributed by atoms with Gasteiger partial charge in [0.1, 0.15) is 5.25 Å². The molecule has 0 spiro atoms. The van der Waals surface area contributed by atoms with Crippen molar-refractivity contribution in [1.29, 1.82) is 0 Å². The van der Waals surface area contributed by atoms with Gasteiger partial charge in [-0.3, -0.25) is 19.7 Å². The van der Waals surface area contributed by atoms with E-state index in [-0.39, 0.29) is 28.6 Å². The molecule has 1 fully saturated rings. The van der Waals surface area contributed by atoms with Crippen molar-refractivity contribution in [3.63, 3.8) is 0 Å². The zero-order valence-electron chi connectivity index (χ0n) is 16.4. The van der Waals surface area contributed by atoms with Crippen LogP contribution in [0.15, 0.2) is 59.9 Å². The molecule has 1 atom stereocenters. The number of anilines is 1. The number of hydrogen-bond acceptors (Lipinski definition) is 8. The van der Waals surface area contributed by atoms with E-state index in [0.717, 1.165) is 28.8 Å². The third-order valence-electron chi connectivity index (χ3n) is 4.72. The number of thioether (sulfide) groups is 1. The van der Waals surface area contributed by atoms with E-state index in [1.54, 1.807) is 0 Å². The number of benzene rings is 2. The van der Waals surface area contributed by atoms with Gasteiger partial charge < -0.3 is 0 Å². The van der Waals surface area contributed by atoms with Crippen molar-refractivity contribution in [2.45, 2.75) is 23.0 Å². The SMILES string of the molecule is O=C1CC(Sc2nncc(-c3ccc(C(F)(F)F)cc3)n2)C(=O)N1c1ccc([N+](=O)[O-])cc1. The molecule has 0 saturated carbocycles. The summed E-state index contributed by atoms with van der Waals surface area (Å²) in [5.74, 6) is -1.03. The fourth-order valence-electron chi connectivity index (χ4n) is 3.12. The molecule has 168 valence electrons. The maximum atomic E-state index is 12.8. The van der Waals surface area contributed by atoms with Gasteiger partial charge in [-0.1, -0.05) is 23.9 Å². The number of rotatable bonds is 5. The van der Waals surface area contributed by atoms with Crippen LogP contribution >= 0.6 is 11.8 Å². The Labute approximate surface area is 187 Å². The number of carbonyl (C=O) groups excluding carboxylic acids is 2. The Morgan fingerprint density at radius 2 is 1.73 bits per heavy atom. The van der Waals surface area contributed by atoms with Crippen LogP contribution in [0.5, 0.6) is 0 Å². The fraction of sp³-hybridized carbons (Fsp3) is 0.150. The Bertz CT molecular complexity index is 1240. The largest absolute Gasteiger partial charge is 0.416 e. The molecule has 0 bridgehead atoms. The highest BCUT2D eigenvalue weighted by Crippen LogP contribution is 2.34. The molecule has 1 unspecified atom stereocenters. The van der Waals surface area contributed by atoms with Gasteiger partial charge in [0, 0.05) is 24.1 Å². The molecule has 1 aliphatic heterocycles. The quantitative estimate of drug-likeness (QED) is 0.310. The average Bonchev–Trinajstić information content (AvgIpc) is 3.06. The molecule has 2 heterocycles. The predicted molar refractivity (Wildman–Crippen MR) is 110 cm³/mol. The molecular weight excluding hydrogens is 463 g/mol. The van der Waals surface area contributed by atoms with Crippen molar-refractivity contribution in [3.8, 4) is 11.3 Å². The van der Waals surface area contributed by atoms with Crippen LogP contribution in [-0.2, 0) is 15.8 Å². The summed E-state index contributed by atoms with van der Waals surface area (Å²) in [6.07, 6.45) is -3.33. The summed E-state index contributed by atoms with van der Waals surface area (Å²) in [6, 6.07) is 9.35. The summed E-state index contributed by atoms with van der Waals surface area (Å²) in [5, 5.41) is 17.6. The Balaban J connectivity index is 1.51. The highest BCUT2D eigenvalue weighted by molar-refractivity contribution is 8.00. The van der Waals surface area contributed by atoms with Gasteiger partial charge in [0.2, 0.25) is 17.0 Å². The van der Waals surface area contributed by atoms with E-state index < -0.39 is 33.7 Å². The molecule has 33 heavy (non-hydrogen) atoms. The number of nitro groups is 1. The van der Waals surface area contributed by atoms with Gasteiger partial charge in [-0.15, -0.1) is 5.10 Å². The molecule has 9 nitrogen and oxygen atoms in total. The Kier molecular flexibility index (Phi) is 5.80. The Morgan fingerprint density at radius 3 is 2.33 bits per heavy atom. The van der Waals surface area contributed by atoms with Crippen molar-refractivity contribution in [2.24, 2.45) is 0 Å². The van der Waals surface area contributed by atoms with Gasteiger partial charge in [-0.25, -0.2) is 9.88 Å². The number of carbonyl (C=O) groups is 2. The van der Waals surface area contributed by atoms with Crippen LogP contribution in [0.2, 0.25) is 0 Å². The molecule has 3 aromatic rings. The van der Waals surface area contributed by atoms with E-state index in [0.29, 0.717) is 5.56 Å². The molecule has 0 radical (unpaired) electrons. The number of amides is 2. The van der Waals surface area contributed by atoms with Gasteiger partial charge in [0.25, 0.3) is 5.69 Å². The van der Waals surface area contributed by atoms with Crippen LogP contribution in [-0.4, -0.2) is 37.2 Å². The lowest BCUT2D eigenvalue weighted by molar-refractivity contribution is -0.384. The third kappa shape index (κ3) is 4.67. The van der Waals surface area contributed by atoms with Crippen LogP contribution < -0.4 is 4.90 Å². The molecule has 2 aromatic carbocycles. The van der Waals surface area contributed by atoms with Crippen LogP contribution in [0.4, 0.5) is 24.5 Å². The van der Waals surface area contributed by atoms with E-state index in [1.165, 1.54) is 42.6 Å². The number of aromatic nitrogens is 3. The first-order valence-corrected chi connectivity index (χ1v) is 10.2. The standard InChI is InChI=1S/C20H12F3N5O4S/c21-20(22,23)12-3-1-11(2-4-12)15-10-24-26-19(25-15)33-16-9-17(29)27(18(16)30)13-5-7-14(8-6-13)28(31)32/h1-8,10,16H,9H2. The van der Waals surface area contributed by atoms with E-state index in [1.807, 2.05) is 0 Å². The second-order valence-electron chi connectivity index (χ2n) is 6.85. The molecule has 1 saturated heterocycles. The summed E-state index contributed by atoms with van der Waals surface area (Å²) in [4.78, 5) is 40.6. The maximum absolute atomic E-state index is 12.8. The third-order valence-corrected chi connectivity index (χ3v) is 5.76. The highest BCUT2D eigenvalue weighted by Gasteiger charge is 2.41. The van der Waals surface area contributed by atoms with Gasteiger partial charge in [-0.05, 0) is 24.3 Å². The molecular formula is C20H12F3N5O4S. The lowest BCUT2D eigenvalue weighted by atomic mass is 10.1. The summed E-state index contributed by atoms with van der Waals surface area (Å²) >= 11 is 0.901. The average molecular weight is 475 g/mol. The minimum absolute atomic E-state index is 0.0732. The lowest BCUT2D eigenvalue weighted by Crippen LogP contribution is -2.31. The molecule has 2 amide bonds. The van der Waals surface area contributed by atoms with E-state index in [2.05, 4.69) is 15.2 Å². The van der Waals surface area contributed by atoms with E-state index >= 15 is 0 Å². The minimum atomic E-state index is -4.46. The van der Waals surface area contributed by atoms with Crippen LogP contribution in [0.3, 0.4) is 0 Å². The van der Waals surface area contributed by atoms with E-state index in [4.69, 9.17) is 0 Å². The second-order valence-corrected chi connectivity index (χ2v) is 8.02. The minimum Gasteiger partial charge on any atom is -0.274 e. The molecule has 0 N–H and O–H groups in total. The first-order valence-electron chi connectivity index (χ1n) is 9.29. The van der Waals surface area contributed by atoms with Crippen molar-refractivity contribution in [3.05, 3.63) is 70.4 Å². The van der Waals surface area contributed by atoms with Crippen LogP contribution in [0.25, 0.3) is 11.3 Å². The number of non-ortho nitro benzene ring substituents is 1. The van der Waals surface area contributed by atoms with Crippen LogP contribution in [0, 0.1) is 10.1 Å². The van der Waals surface area contributed by atoms with Crippen molar-refractivity contribution in [2.75, 3.05) is 4.90 Å². The van der Waals surface area contributed by atoms with Gasteiger partial charge in [0.15, 0.2) is 0 Å². The summed E-state index contributed by atoms with van der Waals surface area (Å²) in [7, 11) is 0. The van der Waals surface area contributed by atoms with E-state index in [9.17, 15) is 32.9 Å². The maximum Gasteiger partial charge on any atom is 0.416 e. The van der Waals surface area contributed by atoms with Crippen molar-refractivity contribution >= 4 is 35.0 Å². The monoisotopic (exact) mass is 475 g/mol. The topological polar surface area (TPSA) is 119 Å². The number of nitrogens with zero attached hydrogens (tertiary/aromatic N) is 5. The van der Waals surface area contributed by atoms with Gasteiger partial charge in [-0.2, -0.15) is 18.3 Å². The number of hydrogen-bond donors (Lipinski definition) is 0.